The van der Waals surface area contributed by atoms with Crippen LogP contribution in [0, 0.1) is 22.7 Å². The Hall–Kier alpha value is -2.59. The summed E-state index contributed by atoms with van der Waals surface area (Å²) in [5.41, 5.74) is 2.33. The van der Waals surface area contributed by atoms with Gasteiger partial charge < -0.3 is 5.32 Å². The van der Waals surface area contributed by atoms with Crippen molar-refractivity contribution in [2.75, 3.05) is 0 Å². The number of benzene rings is 1. The highest BCUT2D eigenvalue weighted by Crippen LogP contribution is 2.22. The van der Waals surface area contributed by atoms with Crippen LogP contribution in [0.1, 0.15) is 24.9 Å². The summed E-state index contributed by atoms with van der Waals surface area (Å²) in [5, 5.41) is 21.2. The number of rotatable bonds is 1. The van der Waals surface area contributed by atoms with Gasteiger partial charge in [0.05, 0.1) is 6.04 Å². The van der Waals surface area contributed by atoms with Gasteiger partial charge in [-0.2, -0.15) is 10.5 Å². The van der Waals surface area contributed by atoms with E-state index in [0.29, 0.717) is 6.42 Å². The molecule has 0 unspecified atom stereocenters. The summed E-state index contributed by atoms with van der Waals surface area (Å²) >= 11 is 0. The molecule has 0 saturated carbocycles. The summed E-state index contributed by atoms with van der Waals surface area (Å²) in [4.78, 5) is 4.17. The lowest BCUT2D eigenvalue weighted by Crippen LogP contribution is -2.21. The predicted molar refractivity (Wildman–Crippen MR) is 68.3 cm³/mol. The van der Waals surface area contributed by atoms with Crippen molar-refractivity contribution in [3.05, 3.63) is 47.3 Å². The Bertz CT molecular complexity index is 584. The van der Waals surface area contributed by atoms with Gasteiger partial charge in [-0.05, 0) is 12.5 Å². The van der Waals surface area contributed by atoms with Crippen molar-refractivity contribution >= 4 is 5.71 Å². The molecule has 1 heterocycles. The Morgan fingerprint density at radius 3 is 2.56 bits per heavy atom. The number of nitrogens with zero attached hydrogens (tertiary/aromatic N) is 3. The fraction of sp³-hybridized carbons (Fsp3) is 0.214. The third-order valence-electron chi connectivity index (χ3n) is 2.78. The highest BCUT2D eigenvalue weighted by Gasteiger charge is 2.19. The summed E-state index contributed by atoms with van der Waals surface area (Å²) in [5.74, 6) is 0. The van der Waals surface area contributed by atoms with E-state index in [1.54, 1.807) is 0 Å². The molecule has 0 aromatic heterocycles. The molecule has 88 valence electrons. The lowest BCUT2D eigenvalue weighted by atomic mass is 10.0. The second-order valence-electron chi connectivity index (χ2n) is 4.11. The lowest BCUT2D eigenvalue weighted by Gasteiger charge is -2.17. The largest absolute Gasteiger partial charge is 0.367 e. The van der Waals surface area contributed by atoms with E-state index in [1.165, 1.54) is 0 Å². The Balaban J connectivity index is 2.40. The standard InChI is InChI=1S/C14H12N4/c1-10-7-12(11-5-3-2-4-6-11)18-14(9-16)13(8-15)17-10/h2-6,12,18H,7H2,1H3/t12-/m0/s1. The van der Waals surface area contributed by atoms with Crippen LogP contribution in [0.2, 0.25) is 0 Å². The molecule has 0 spiro atoms. The summed E-state index contributed by atoms with van der Waals surface area (Å²) < 4.78 is 0. The Kier molecular flexibility index (Phi) is 3.41. The maximum absolute atomic E-state index is 9.08. The maximum Gasteiger partial charge on any atom is 0.174 e. The van der Waals surface area contributed by atoms with E-state index in [-0.39, 0.29) is 17.4 Å². The number of hydrogen-bond donors (Lipinski definition) is 1. The third-order valence-corrected chi connectivity index (χ3v) is 2.78. The van der Waals surface area contributed by atoms with E-state index in [0.717, 1.165) is 11.3 Å². The predicted octanol–water partition coefficient (Wildman–Crippen LogP) is 2.44. The smallest absolute Gasteiger partial charge is 0.174 e. The van der Waals surface area contributed by atoms with Gasteiger partial charge in [-0.15, -0.1) is 0 Å². The third kappa shape index (κ3) is 2.39. The summed E-state index contributed by atoms with van der Waals surface area (Å²) in [6, 6.07) is 13.8. The van der Waals surface area contributed by atoms with E-state index in [9.17, 15) is 0 Å². The van der Waals surface area contributed by atoms with Crippen molar-refractivity contribution in [2.24, 2.45) is 4.99 Å². The van der Waals surface area contributed by atoms with Crippen LogP contribution >= 0.6 is 0 Å². The van der Waals surface area contributed by atoms with Crippen LogP contribution < -0.4 is 5.32 Å². The zero-order valence-corrected chi connectivity index (χ0v) is 10.0. The zero-order chi connectivity index (χ0) is 13.0. The lowest BCUT2D eigenvalue weighted by molar-refractivity contribution is 0.634. The molecule has 0 amide bonds. The molecular weight excluding hydrogens is 224 g/mol. The second-order valence-corrected chi connectivity index (χ2v) is 4.11. The molecule has 1 aromatic carbocycles. The van der Waals surface area contributed by atoms with Gasteiger partial charge in [0.25, 0.3) is 0 Å². The van der Waals surface area contributed by atoms with Gasteiger partial charge in [0.15, 0.2) is 11.4 Å². The molecular formula is C14H12N4. The maximum atomic E-state index is 9.08. The molecule has 1 aliphatic rings. The van der Waals surface area contributed by atoms with Gasteiger partial charge in [-0.25, -0.2) is 4.99 Å². The van der Waals surface area contributed by atoms with Crippen molar-refractivity contribution in [1.29, 1.82) is 10.5 Å². The molecule has 1 aromatic rings. The monoisotopic (exact) mass is 236 g/mol. The quantitative estimate of drug-likeness (QED) is 0.814. The normalized spacial score (nSPS) is 19.1. The molecule has 0 radical (unpaired) electrons. The van der Waals surface area contributed by atoms with Gasteiger partial charge >= 0.3 is 0 Å². The van der Waals surface area contributed by atoms with Crippen molar-refractivity contribution in [3.63, 3.8) is 0 Å². The summed E-state index contributed by atoms with van der Waals surface area (Å²) in [6.45, 7) is 1.87. The highest BCUT2D eigenvalue weighted by molar-refractivity contribution is 5.84. The van der Waals surface area contributed by atoms with Crippen LogP contribution in [-0.4, -0.2) is 5.71 Å². The average molecular weight is 236 g/mol. The number of nitriles is 2. The van der Waals surface area contributed by atoms with Crippen LogP contribution in [0.4, 0.5) is 0 Å². The van der Waals surface area contributed by atoms with E-state index >= 15 is 0 Å². The van der Waals surface area contributed by atoms with Gasteiger partial charge in [-0.1, -0.05) is 30.3 Å². The number of allylic oxidation sites excluding steroid dienone is 2. The molecule has 0 saturated heterocycles. The van der Waals surface area contributed by atoms with E-state index in [2.05, 4.69) is 10.3 Å². The van der Waals surface area contributed by atoms with Crippen LogP contribution in [0.15, 0.2) is 46.7 Å². The molecule has 0 fully saturated rings. The van der Waals surface area contributed by atoms with Crippen molar-refractivity contribution in [3.8, 4) is 12.1 Å². The summed E-state index contributed by atoms with van der Waals surface area (Å²) in [7, 11) is 0. The van der Waals surface area contributed by atoms with Gasteiger partial charge in [0.1, 0.15) is 12.1 Å². The number of hydrogen-bond acceptors (Lipinski definition) is 4. The van der Waals surface area contributed by atoms with Crippen molar-refractivity contribution < 1.29 is 0 Å². The number of nitrogens with one attached hydrogen (secondary N) is 1. The molecule has 0 aliphatic carbocycles. The first-order chi connectivity index (χ1) is 8.74. The topological polar surface area (TPSA) is 72.0 Å². The van der Waals surface area contributed by atoms with E-state index < -0.39 is 0 Å². The van der Waals surface area contributed by atoms with Crippen LogP contribution in [0.3, 0.4) is 0 Å². The minimum atomic E-state index is -0.0181. The van der Waals surface area contributed by atoms with Crippen LogP contribution in [0.5, 0.6) is 0 Å². The minimum absolute atomic E-state index is 0.0181. The van der Waals surface area contributed by atoms with Gasteiger partial charge in [0, 0.05) is 12.1 Å². The summed E-state index contributed by atoms with van der Waals surface area (Å²) in [6.07, 6.45) is 0.681. The first-order valence-corrected chi connectivity index (χ1v) is 5.64. The van der Waals surface area contributed by atoms with Gasteiger partial charge in [-0.3, -0.25) is 0 Å². The van der Waals surface area contributed by atoms with Crippen molar-refractivity contribution in [2.45, 2.75) is 19.4 Å². The average Bonchev–Trinajstić information content (AvgIpc) is 2.58. The van der Waals surface area contributed by atoms with E-state index in [4.69, 9.17) is 10.5 Å². The molecule has 4 heteroatoms. The molecule has 4 nitrogen and oxygen atoms in total. The number of aliphatic imine (C=N–C) groups is 1. The zero-order valence-electron chi connectivity index (χ0n) is 10.0. The minimum Gasteiger partial charge on any atom is -0.367 e. The fourth-order valence-electron chi connectivity index (χ4n) is 1.93. The van der Waals surface area contributed by atoms with Crippen LogP contribution in [-0.2, 0) is 0 Å². The fourth-order valence-corrected chi connectivity index (χ4v) is 1.93. The van der Waals surface area contributed by atoms with Crippen molar-refractivity contribution in [1.82, 2.24) is 5.32 Å². The molecule has 1 atom stereocenters. The van der Waals surface area contributed by atoms with Crippen LogP contribution in [0.25, 0.3) is 0 Å². The molecule has 1 aliphatic heterocycles. The van der Waals surface area contributed by atoms with Gasteiger partial charge in [0.2, 0.25) is 0 Å². The molecule has 18 heavy (non-hydrogen) atoms. The molecule has 1 N–H and O–H groups in total. The Labute approximate surface area is 106 Å². The SMILES string of the molecule is CC1=NC(C#N)=C(C#N)N[C@H](c2ccccc2)C1. The molecule has 0 bridgehead atoms. The highest BCUT2D eigenvalue weighted by atomic mass is 15.0. The van der Waals surface area contributed by atoms with E-state index in [1.807, 2.05) is 49.4 Å². The Morgan fingerprint density at radius 2 is 1.94 bits per heavy atom. The first-order valence-electron chi connectivity index (χ1n) is 5.64. The second kappa shape index (κ2) is 5.16. The molecule has 2 rings (SSSR count). The Morgan fingerprint density at radius 1 is 1.22 bits per heavy atom. The first kappa shape index (κ1) is 11.9.